The van der Waals surface area contributed by atoms with Crippen LogP contribution in [0.4, 0.5) is 0 Å². The quantitative estimate of drug-likeness (QED) is 0.654. The second-order valence-corrected chi connectivity index (χ2v) is 3.46. The molecular formula is C10H12N2O. The molecule has 0 radical (unpaired) electrons. The molecule has 13 heavy (non-hydrogen) atoms. The largest absolute Gasteiger partial charge is 0.300 e. The van der Waals surface area contributed by atoms with Gasteiger partial charge in [0.05, 0.1) is 5.69 Å². The molecule has 0 atom stereocenters. The van der Waals surface area contributed by atoms with E-state index in [0.717, 1.165) is 18.5 Å². The zero-order valence-corrected chi connectivity index (χ0v) is 7.44. The molecule has 68 valence electrons. The molecule has 0 aliphatic heterocycles. The molecular weight excluding hydrogens is 164 g/mol. The maximum absolute atomic E-state index is 11.0. The van der Waals surface area contributed by atoms with E-state index in [4.69, 9.17) is 0 Å². The number of ketones is 1. The number of carbonyl (C=O) groups excluding carboxylic acids is 1. The van der Waals surface area contributed by atoms with Crippen LogP contribution in [0.3, 0.4) is 0 Å². The molecule has 1 heterocycles. The third kappa shape index (κ3) is 1.91. The fourth-order valence-corrected chi connectivity index (χ4v) is 1.77. The van der Waals surface area contributed by atoms with Gasteiger partial charge in [-0.3, -0.25) is 4.79 Å². The van der Waals surface area contributed by atoms with Crippen LogP contribution < -0.4 is 0 Å². The van der Waals surface area contributed by atoms with Gasteiger partial charge >= 0.3 is 0 Å². The van der Waals surface area contributed by atoms with Crippen molar-refractivity contribution in [1.29, 1.82) is 0 Å². The first-order valence-electron chi connectivity index (χ1n) is 4.65. The molecule has 1 aliphatic rings. The van der Waals surface area contributed by atoms with Gasteiger partial charge in [-0.1, -0.05) is 0 Å². The zero-order valence-electron chi connectivity index (χ0n) is 7.44. The molecule has 0 spiro atoms. The highest BCUT2D eigenvalue weighted by molar-refractivity contribution is 5.79. The summed E-state index contributed by atoms with van der Waals surface area (Å²) in [5.74, 6) is 0.839. The van der Waals surface area contributed by atoms with Crippen LogP contribution in [0.2, 0.25) is 0 Å². The van der Waals surface area contributed by atoms with Gasteiger partial charge in [-0.25, -0.2) is 0 Å². The molecule has 0 amide bonds. The fraction of sp³-hybridized carbons (Fsp3) is 0.500. The number of hydrogen-bond acceptors (Lipinski definition) is 3. The van der Waals surface area contributed by atoms with Gasteiger partial charge in [-0.2, -0.15) is 10.2 Å². The van der Waals surface area contributed by atoms with Crippen LogP contribution in [-0.4, -0.2) is 16.0 Å². The highest BCUT2D eigenvalue weighted by Crippen LogP contribution is 2.29. The first-order valence-corrected chi connectivity index (χ1v) is 4.65. The second kappa shape index (κ2) is 3.64. The molecule has 1 aromatic heterocycles. The van der Waals surface area contributed by atoms with Crippen molar-refractivity contribution in [3.63, 3.8) is 0 Å². The molecule has 2 rings (SSSR count). The van der Waals surface area contributed by atoms with E-state index in [9.17, 15) is 4.79 Å². The van der Waals surface area contributed by atoms with Crippen molar-refractivity contribution in [2.45, 2.75) is 31.6 Å². The van der Waals surface area contributed by atoms with Gasteiger partial charge in [0.2, 0.25) is 0 Å². The molecule has 1 saturated carbocycles. The minimum atomic E-state index is 0.389. The van der Waals surface area contributed by atoms with E-state index in [2.05, 4.69) is 10.2 Å². The van der Waals surface area contributed by atoms with Crippen LogP contribution in [-0.2, 0) is 4.79 Å². The third-order valence-electron chi connectivity index (χ3n) is 2.55. The van der Waals surface area contributed by atoms with E-state index >= 15 is 0 Å². The van der Waals surface area contributed by atoms with Crippen LogP contribution in [0.5, 0.6) is 0 Å². The predicted molar refractivity (Wildman–Crippen MR) is 48.2 cm³/mol. The van der Waals surface area contributed by atoms with Gasteiger partial charge in [-0.15, -0.1) is 0 Å². The number of nitrogens with zero attached hydrogens (tertiary/aromatic N) is 2. The van der Waals surface area contributed by atoms with Crippen molar-refractivity contribution in [2.75, 3.05) is 0 Å². The lowest BCUT2D eigenvalue weighted by atomic mass is 9.86. The van der Waals surface area contributed by atoms with E-state index in [-0.39, 0.29) is 0 Å². The topological polar surface area (TPSA) is 42.9 Å². The number of rotatable bonds is 1. The number of hydrogen-bond donors (Lipinski definition) is 0. The minimum Gasteiger partial charge on any atom is -0.300 e. The van der Waals surface area contributed by atoms with Crippen molar-refractivity contribution >= 4 is 5.78 Å². The van der Waals surface area contributed by atoms with E-state index in [1.807, 2.05) is 12.1 Å². The smallest absolute Gasteiger partial charge is 0.132 e. The lowest BCUT2D eigenvalue weighted by molar-refractivity contribution is -0.120. The van der Waals surface area contributed by atoms with Crippen LogP contribution in [0.15, 0.2) is 18.3 Å². The summed E-state index contributed by atoms with van der Waals surface area (Å²) in [7, 11) is 0. The van der Waals surface area contributed by atoms with Gasteiger partial charge in [0, 0.05) is 25.0 Å². The molecule has 1 aliphatic carbocycles. The molecule has 1 aromatic rings. The first kappa shape index (κ1) is 8.35. The highest BCUT2D eigenvalue weighted by Gasteiger charge is 2.20. The van der Waals surface area contributed by atoms with Gasteiger partial charge in [0.15, 0.2) is 0 Å². The van der Waals surface area contributed by atoms with Crippen molar-refractivity contribution < 1.29 is 4.79 Å². The Labute approximate surface area is 77.2 Å². The van der Waals surface area contributed by atoms with Crippen LogP contribution in [0.25, 0.3) is 0 Å². The lowest BCUT2D eigenvalue weighted by Gasteiger charge is -2.19. The number of Topliss-reactive ketones (excluding diaryl/α,β-unsaturated/α-hetero) is 1. The summed E-state index contributed by atoms with van der Waals surface area (Å²) >= 11 is 0. The van der Waals surface area contributed by atoms with Crippen molar-refractivity contribution in [2.24, 2.45) is 0 Å². The Hall–Kier alpha value is -1.25. The SMILES string of the molecule is O=C1CCC(c2cccnn2)CC1. The maximum atomic E-state index is 11.0. The normalized spacial score (nSPS) is 18.9. The summed E-state index contributed by atoms with van der Waals surface area (Å²) in [6.45, 7) is 0. The average molecular weight is 176 g/mol. The molecule has 1 fully saturated rings. The maximum Gasteiger partial charge on any atom is 0.132 e. The molecule has 3 heteroatoms. The summed E-state index contributed by atoms with van der Waals surface area (Å²) < 4.78 is 0. The van der Waals surface area contributed by atoms with Gasteiger partial charge in [0.25, 0.3) is 0 Å². The Bertz CT molecular complexity index is 287. The number of carbonyl (C=O) groups is 1. The van der Waals surface area contributed by atoms with Gasteiger partial charge in [-0.05, 0) is 25.0 Å². The molecule has 0 saturated heterocycles. The van der Waals surface area contributed by atoms with E-state index in [1.165, 1.54) is 0 Å². The van der Waals surface area contributed by atoms with Crippen molar-refractivity contribution in [1.82, 2.24) is 10.2 Å². The number of aromatic nitrogens is 2. The van der Waals surface area contributed by atoms with Gasteiger partial charge in [0.1, 0.15) is 5.78 Å². The van der Waals surface area contributed by atoms with Gasteiger partial charge < -0.3 is 0 Å². The fourth-order valence-electron chi connectivity index (χ4n) is 1.77. The standard InChI is InChI=1S/C10H12N2O/c13-9-5-3-8(4-6-9)10-2-1-7-11-12-10/h1-2,7-8H,3-6H2. The lowest BCUT2D eigenvalue weighted by Crippen LogP contribution is -2.13. The highest BCUT2D eigenvalue weighted by atomic mass is 16.1. The Morgan fingerprint density at radius 1 is 1.31 bits per heavy atom. The summed E-state index contributed by atoms with van der Waals surface area (Å²) in [4.78, 5) is 11.0. The van der Waals surface area contributed by atoms with Crippen molar-refractivity contribution in [3.8, 4) is 0 Å². The van der Waals surface area contributed by atoms with Crippen LogP contribution >= 0.6 is 0 Å². The van der Waals surface area contributed by atoms with E-state index in [1.54, 1.807) is 6.20 Å². The Morgan fingerprint density at radius 3 is 2.69 bits per heavy atom. The summed E-state index contributed by atoms with van der Waals surface area (Å²) in [5.41, 5.74) is 1.04. The first-order chi connectivity index (χ1) is 6.36. The predicted octanol–water partition coefficient (Wildman–Crippen LogP) is 1.70. The average Bonchev–Trinajstić information content (AvgIpc) is 2.20. The minimum absolute atomic E-state index is 0.389. The van der Waals surface area contributed by atoms with E-state index < -0.39 is 0 Å². The molecule has 0 unspecified atom stereocenters. The molecule has 3 nitrogen and oxygen atoms in total. The van der Waals surface area contributed by atoms with Crippen LogP contribution in [0.1, 0.15) is 37.3 Å². The summed E-state index contributed by atoms with van der Waals surface area (Å²) in [5, 5.41) is 7.91. The molecule has 0 N–H and O–H groups in total. The third-order valence-corrected chi connectivity index (χ3v) is 2.55. The molecule has 0 bridgehead atoms. The molecule has 0 aromatic carbocycles. The van der Waals surface area contributed by atoms with Crippen molar-refractivity contribution in [3.05, 3.63) is 24.0 Å². The van der Waals surface area contributed by atoms with E-state index in [0.29, 0.717) is 24.5 Å². The summed E-state index contributed by atoms with van der Waals surface area (Å²) in [6.07, 6.45) is 4.98. The van der Waals surface area contributed by atoms with Crippen LogP contribution in [0, 0.1) is 0 Å². The Balaban J connectivity index is 2.07. The Morgan fingerprint density at radius 2 is 2.08 bits per heavy atom. The second-order valence-electron chi connectivity index (χ2n) is 3.46. The summed E-state index contributed by atoms with van der Waals surface area (Å²) in [6, 6.07) is 3.90. The zero-order chi connectivity index (χ0) is 9.10. The Kier molecular flexibility index (Phi) is 2.34. The monoisotopic (exact) mass is 176 g/mol.